The Morgan fingerprint density at radius 3 is 2.17 bits per heavy atom. The maximum atomic E-state index is 12.9. The van der Waals surface area contributed by atoms with E-state index in [1.807, 2.05) is 42.5 Å². The molecule has 0 bridgehead atoms. The molecule has 150 valence electrons. The summed E-state index contributed by atoms with van der Waals surface area (Å²) in [5, 5.41) is 8.77. The zero-order valence-electron chi connectivity index (χ0n) is 16.0. The number of hydrogen-bond acceptors (Lipinski definition) is 5. The van der Waals surface area contributed by atoms with Gasteiger partial charge in [0.15, 0.2) is 5.82 Å². The number of nitrogens with zero attached hydrogens (tertiary/aromatic N) is 4. The average molecular weight is 520 g/mol. The smallest absolute Gasteiger partial charge is 0.243 e. The van der Waals surface area contributed by atoms with E-state index >= 15 is 0 Å². The van der Waals surface area contributed by atoms with Gasteiger partial charge in [-0.2, -0.15) is 4.31 Å². The largest absolute Gasteiger partial charge is 0.352 e. The van der Waals surface area contributed by atoms with Gasteiger partial charge in [0.1, 0.15) is 0 Å². The van der Waals surface area contributed by atoms with Crippen molar-refractivity contribution in [2.75, 3.05) is 31.1 Å². The predicted molar refractivity (Wildman–Crippen MR) is 122 cm³/mol. The molecule has 0 N–H and O–H groups in total. The zero-order valence-corrected chi connectivity index (χ0v) is 19.0. The van der Waals surface area contributed by atoms with Crippen molar-refractivity contribution in [3.8, 4) is 11.3 Å². The van der Waals surface area contributed by atoms with Gasteiger partial charge in [-0.3, -0.25) is 0 Å². The molecule has 1 aromatic heterocycles. The number of rotatable bonds is 4. The van der Waals surface area contributed by atoms with E-state index in [-0.39, 0.29) is 0 Å². The normalized spacial score (nSPS) is 15.4. The molecule has 0 atom stereocenters. The van der Waals surface area contributed by atoms with E-state index in [0.29, 0.717) is 31.1 Å². The molecule has 2 aromatic carbocycles. The van der Waals surface area contributed by atoms with Crippen LogP contribution in [0.15, 0.2) is 65.6 Å². The lowest BCUT2D eigenvalue weighted by atomic mass is 10.1. The Morgan fingerprint density at radius 2 is 1.55 bits per heavy atom. The summed E-state index contributed by atoms with van der Waals surface area (Å²) in [7, 11) is -3.46. The van der Waals surface area contributed by atoms with E-state index in [2.05, 4.69) is 50.7 Å². The van der Waals surface area contributed by atoms with Crippen LogP contribution in [0.2, 0.25) is 0 Å². The molecule has 8 heteroatoms. The number of anilines is 1. The Hall–Kier alpha value is -2.04. The first-order chi connectivity index (χ1) is 13.9. The molecule has 1 aliphatic heterocycles. The van der Waals surface area contributed by atoms with Gasteiger partial charge in [0.05, 0.1) is 10.6 Å². The fraction of sp³-hybridized carbons (Fsp3) is 0.238. The summed E-state index contributed by atoms with van der Waals surface area (Å²) < 4.78 is 28.3. The SMILES string of the molecule is Cc1ccccc1-c1ccc(N2CCN(S(=O)(=O)c3ccc(I)cc3)CC2)nn1. The van der Waals surface area contributed by atoms with Crippen LogP contribution in [0.3, 0.4) is 0 Å². The van der Waals surface area contributed by atoms with Crippen LogP contribution in [0, 0.1) is 10.5 Å². The first-order valence-corrected chi connectivity index (χ1v) is 11.9. The molecular weight excluding hydrogens is 499 g/mol. The molecule has 1 aliphatic rings. The molecule has 29 heavy (non-hydrogen) atoms. The van der Waals surface area contributed by atoms with Gasteiger partial charge in [0.2, 0.25) is 10.0 Å². The highest BCUT2D eigenvalue weighted by atomic mass is 127. The van der Waals surface area contributed by atoms with Crippen molar-refractivity contribution in [2.24, 2.45) is 0 Å². The molecule has 1 saturated heterocycles. The minimum absolute atomic E-state index is 0.341. The summed E-state index contributed by atoms with van der Waals surface area (Å²) in [4.78, 5) is 2.42. The van der Waals surface area contributed by atoms with E-state index in [9.17, 15) is 8.42 Å². The van der Waals surface area contributed by atoms with Crippen LogP contribution in [0.4, 0.5) is 5.82 Å². The van der Waals surface area contributed by atoms with Crippen LogP contribution in [0.25, 0.3) is 11.3 Å². The van der Waals surface area contributed by atoms with Gasteiger partial charge < -0.3 is 4.90 Å². The van der Waals surface area contributed by atoms with Crippen LogP contribution < -0.4 is 4.90 Å². The number of benzene rings is 2. The van der Waals surface area contributed by atoms with Gasteiger partial charge in [-0.05, 0) is 71.5 Å². The molecule has 2 heterocycles. The monoisotopic (exact) mass is 520 g/mol. The van der Waals surface area contributed by atoms with Crippen molar-refractivity contribution in [3.63, 3.8) is 0 Å². The van der Waals surface area contributed by atoms with Crippen molar-refractivity contribution in [3.05, 3.63) is 69.8 Å². The molecule has 6 nitrogen and oxygen atoms in total. The van der Waals surface area contributed by atoms with Gasteiger partial charge in [-0.1, -0.05) is 24.3 Å². The lowest BCUT2D eigenvalue weighted by Crippen LogP contribution is -2.49. The third-order valence-electron chi connectivity index (χ3n) is 5.09. The van der Waals surface area contributed by atoms with Crippen LogP contribution in [0.5, 0.6) is 0 Å². The van der Waals surface area contributed by atoms with E-state index in [0.717, 1.165) is 26.2 Å². The van der Waals surface area contributed by atoms with E-state index in [4.69, 9.17) is 0 Å². The summed E-state index contributed by atoms with van der Waals surface area (Å²) >= 11 is 2.17. The quantitative estimate of drug-likeness (QED) is 0.493. The number of aromatic nitrogens is 2. The molecule has 1 fully saturated rings. The van der Waals surface area contributed by atoms with Crippen LogP contribution >= 0.6 is 22.6 Å². The van der Waals surface area contributed by atoms with Crippen molar-refractivity contribution in [1.82, 2.24) is 14.5 Å². The molecule has 0 aliphatic carbocycles. The number of aryl methyl sites for hydroxylation is 1. The highest BCUT2D eigenvalue weighted by molar-refractivity contribution is 14.1. The van der Waals surface area contributed by atoms with Crippen molar-refractivity contribution in [1.29, 1.82) is 0 Å². The Balaban J connectivity index is 1.44. The lowest BCUT2D eigenvalue weighted by Gasteiger charge is -2.34. The summed E-state index contributed by atoms with van der Waals surface area (Å²) in [6, 6.07) is 19.0. The molecule has 4 rings (SSSR count). The van der Waals surface area contributed by atoms with E-state index < -0.39 is 10.0 Å². The Morgan fingerprint density at radius 1 is 0.862 bits per heavy atom. The number of piperazine rings is 1. The second-order valence-corrected chi connectivity index (χ2v) is 10.1. The Bertz CT molecular complexity index is 1090. The average Bonchev–Trinajstić information content (AvgIpc) is 2.75. The standard InChI is InChI=1S/C21H21IN4O2S/c1-16-4-2-3-5-19(16)20-10-11-21(24-23-20)25-12-14-26(15-13-25)29(27,28)18-8-6-17(22)7-9-18/h2-11H,12-15H2,1H3. The summed E-state index contributed by atoms with van der Waals surface area (Å²) in [6.07, 6.45) is 0. The molecule has 0 saturated carbocycles. The lowest BCUT2D eigenvalue weighted by molar-refractivity contribution is 0.383. The molecule has 3 aromatic rings. The topological polar surface area (TPSA) is 66.4 Å². The minimum Gasteiger partial charge on any atom is -0.352 e. The molecule has 0 spiro atoms. The highest BCUT2D eigenvalue weighted by Crippen LogP contribution is 2.24. The summed E-state index contributed by atoms with van der Waals surface area (Å²) in [5.74, 6) is 0.772. The summed E-state index contributed by atoms with van der Waals surface area (Å²) in [5.41, 5.74) is 3.07. The zero-order chi connectivity index (χ0) is 20.4. The molecule has 0 unspecified atom stereocenters. The van der Waals surface area contributed by atoms with Gasteiger partial charge in [-0.25, -0.2) is 8.42 Å². The van der Waals surface area contributed by atoms with Crippen LogP contribution in [0.1, 0.15) is 5.56 Å². The van der Waals surface area contributed by atoms with Crippen molar-refractivity contribution in [2.45, 2.75) is 11.8 Å². The number of hydrogen-bond donors (Lipinski definition) is 0. The Kier molecular flexibility index (Phi) is 5.84. The van der Waals surface area contributed by atoms with Gasteiger partial charge >= 0.3 is 0 Å². The third-order valence-corrected chi connectivity index (χ3v) is 7.72. The third kappa shape index (κ3) is 4.29. The van der Waals surface area contributed by atoms with Gasteiger partial charge in [-0.15, -0.1) is 10.2 Å². The Labute approximate surface area is 184 Å². The first kappa shape index (κ1) is 20.2. The molecule has 0 radical (unpaired) electrons. The maximum Gasteiger partial charge on any atom is 0.243 e. The highest BCUT2D eigenvalue weighted by Gasteiger charge is 2.29. The van der Waals surface area contributed by atoms with Gasteiger partial charge in [0, 0.05) is 35.3 Å². The maximum absolute atomic E-state index is 12.9. The van der Waals surface area contributed by atoms with Crippen molar-refractivity contribution >= 4 is 38.4 Å². The number of sulfonamides is 1. The van der Waals surface area contributed by atoms with Crippen LogP contribution in [-0.4, -0.2) is 49.1 Å². The minimum atomic E-state index is -3.46. The van der Waals surface area contributed by atoms with E-state index in [1.54, 1.807) is 16.4 Å². The van der Waals surface area contributed by atoms with Gasteiger partial charge in [0.25, 0.3) is 0 Å². The van der Waals surface area contributed by atoms with E-state index in [1.165, 1.54) is 0 Å². The second-order valence-electron chi connectivity index (χ2n) is 6.94. The molecule has 0 amide bonds. The predicted octanol–water partition coefficient (Wildman–Crippen LogP) is 3.57. The second kappa shape index (κ2) is 8.37. The van der Waals surface area contributed by atoms with Crippen LogP contribution in [-0.2, 0) is 10.0 Å². The molecular formula is C21H21IN4O2S. The van der Waals surface area contributed by atoms with Crippen molar-refractivity contribution < 1.29 is 8.42 Å². The fourth-order valence-electron chi connectivity index (χ4n) is 3.41. The fourth-order valence-corrected chi connectivity index (χ4v) is 5.19. The first-order valence-electron chi connectivity index (χ1n) is 9.35. The number of halogens is 1. The summed E-state index contributed by atoms with van der Waals surface area (Å²) in [6.45, 7) is 4.08.